The standard InChI is InChI=1S/C12H14BrN/c1-3-4-9-14-10(2)11-7-5-6-8-12(11)13/h1,5-8,10,14H,4,9H2,2H3/t10-/m0/s1. The lowest BCUT2D eigenvalue weighted by molar-refractivity contribution is 0.582. The molecular weight excluding hydrogens is 238 g/mol. The molecule has 0 aliphatic heterocycles. The zero-order chi connectivity index (χ0) is 10.4. The second kappa shape index (κ2) is 5.85. The van der Waals surface area contributed by atoms with Crippen LogP contribution in [0.5, 0.6) is 0 Å². The van der Waals surface area contributed by atoms with Gasteiger partial charge >= 0.3 is 0 Å². The van der Waals surface area contributed by atoms with Crippen molar-refractivity contribution < 1.29 is 0 Å². The van der Waals surface area contributed by atoms with Crippen molar-refractivity contribution in [2.45, 2.75) is 19.4 Å². The van der Waals surface area contributed by atoms with E-state index in [2.05, 4.69) is 46.2 Å². The summed E-state index contributed by atoms with van der Waals surface area (Å²) < 4.78 is 1.14. The molecule has 1 aromatic carbocycles. The Hall–Kier alpha value is -0.780. The zero-order valence-corrected chi connectivity index (χ0v) is 9.84. The lowest BCUT2D eigenvalue weighted by Gasteiger charge is -2.14. The van der Waals surface area contributed by atoms with Gasteiger partial charge in [-0.05, 0) is 18.6 Å². The van der Waals surface area contributed by atoms with Crippen molar-refractivity contribution in [3.8, 4) is 12.3 Å². The second-order valence-electron chi connectivity index (χ2n) is 3.15. The fraction of sp³-hybridized carbons (Fsp3) is 0.333. The summed E-state index contributed by atoms with van der Waals surface area (Å²) >= 11 is 3.53. The SMILES string of the molecule is C#CCCN[C@@H](C)c1ccccc1Br. The van der Waals surface area contributed by atoms with Crippen LogP contribution in [-0.2, 0) is 0 Å². The molecule has 1 rings (SSSR count). The third-order valence-electron chi connectivity index (χ3n) is 2.09. The maximum absolute atomic E-state index is 5.18. The number of hydrogen-bond acceptors (Lipinski definition) is 1. The molecule has 14 heavy (non-hydrogen) atoms. The summed E-state index contributed by atoms with van der Waals surface area (Å²) in [5, 5.41) is 3.37. The maximum atomic E-state index is 5.18. The molecule has 0 amide bonds. The first-order valence-electron chi connectivity index (χ1n) is 4.67. The Balaban J connectivity index is 2.57. The van der Waals surface area contributed by atoms with Gasteiger partial charge in [0.25, 0.3) is 0 Å². The molecule has 0 fully saturated rings. The molecule has 0 saturated carbocycles. The Morgan fingerprint density at radius 1 is 1.50 bits per heavy atom. The highest BCUT2D eigenvalue weighted by atomic mass is 79.9. The van der Waals surface area contributed by atoms with Crippen LogP contribution in [0.15, 0.2) is 28.7 Å². The zero-order valence-electron chi connectivity index (χ0n) is 8.26. The number of hydrogen-bond donors (Lipinski definition) is 1. The van der Waals surface area contributed by atoms with Gasteiger partial charge in [-0.2, -0.15) is 0 Å². The van der Waals surface area contributed by atoms with Crippen LogP contribution >= 0.6 is 15.9 Å². The van der Waals surface area contributed by atoms with Crippen molar-refractivity contribution in [2.24, 2.45) is 0 Å². The first-order valence-corrected chi connectivity index (χ1v) is 5.46. The molecule has 2 heteroatoms. The topological polar surface area (TPSA) is 12.0 Å². The average molecular weight is 252 g/mol. The van der Waals surface area contributed by atoms with Crippen molar-refractivity contribution in [3.63, 3.8) is 0 Å². The van der Waals surface area contributed by atoms with Crippen LogP contribution in [0.2, 0.25) is 0 Å². The number of halogens is 1. The Kier molecular flexibility index (Phi) is 4.72. The Morgan fingerprint density at radius 3 is 2.86 bits per heavy atom. The van der Waals surface area contributed by atoms with E-state index >= 15 is 0 Å². The Labute approximate surface area is 94.0 Å². The molecule has 0 bridgehead atoms. The summed E-state index contributed by atoms with van der Waals surface area (Å²) in [5.41, 5.74) is 1.27. The number of terminal acetylenes is 1. The molecule has 0 aromatic heterocycles. The van der Waals surface area contributed by atoms with Gasteiger partial charge in [-0.1, -0.05) is 34.1 Å². The van der Waals surface area contributed by atoms with Crippen LogP contribution in [0.1, 0.15) is 24.9 Å². The molecule has 0 saturated heterocycles. The van der Waals surface area contributed by atoms with Crippen LogP contribution in [0.25, 0.3) is 0 Å². The van der Waals surface area contributed by atoms with Crippen LogP contribution in [0, 0.1) is 12.3 Å². The molecule has 74 valence electrons. The van der Waals surface area contributed by atoms with E-state index < -0.39 is 0 Å². The van der Waals surface area contributed by atoms with Crippen molar-refractivity contribution in [1.82, 2.24) is 5.32 Å². The highest BCUT2D eigenvalue weighted by Crippen LogP contribution is 2.22. The lowest BCUT2D eigenvalue weighted by Crippen LogP contribution is -2.19. The van der Waals surface area contributed by atoms with Crippen LogP contribution in [0.4, 0.5) is 0 Å². The van der Waals surface area contributed by atoms with Gasteiger partial charge in [0.05, 0.1) is 0 Å². The fourth-order valence-corrected chi connectivity index (χ4v) is 1.93. The smallest absolute Gasteiger partial charge is 0.0303 e. The van der Waals surface area contributed by atoms with E-state index in [0.29, 0.717) is 6.04 Å². The van der Waals surface area contributed by atoms with Gasteiger partial charge in [-0.15, -0.1) is 12.3 Å². The van der Waals surface area contributed by atoms with Gasteiger partial charge in [0.1, 0.15) is 0 Å². The number of benzene rings is 1. The predicted molar refractivity (Wildman–Crippen MR) is 64.0 cm³/mol. The monoisotopic (exact) mass is 251 g/mol. The van der Waals surface area contributed by atoms with E-state index in [-0.39, 0.29) is 0 Å². The molecule has 1 N–H and O–H groups in total. The van der Waals surface area contributed by atoms with Gasteiger partial charge in [-0.3, -0.25) is 0 Å². The average Bonchev–Trinajstić information content (AvgIpc) is 2.18. The summed E-state index contributed by atoms with van der Waals surface area (Å²) in [5.74, 6) is 2.61. The lowest BCUT2D eigenvalue weighted by atomic mass is 10.1. The van der Waals surface area contributed by atoms with E-state index in [1.54, 1.807) is 0 Å². The summed E-state index contributed by atoms with van der Waals surface area (Å²) in [6.45, 7) is 3.00. The second-order valence-corrected chi connectivity index (χ2v) is 4.01. The van der Waals surface area contributed by atoms with Gasteiger partial charge in [0.15, 0.2) is 0 Å². The summed E-state index contributed by atoms with van der Waals surface area (Å²) in [6.07, 6.45) is 5.96. The predicted octanol–water partition coefficient (Wildman–Crippen LogP) is 3.12. The van der Waals surface area contributed by atoms with Crippen molar-refractivity contribution in [3.05, 3.63) is 34.3 Å². The Bertz CT molecular complexity index is 327. The minimum Gasteiger partial charge on any atom is -0.309 e. The first-order chi connectivity index (χ1) is 6.75. The number of nitrogens with one attached hydrogen (secondary N) is 1. The maximum Gasteiger partial charge on any atom is 0.0303 e. The van der Waals surface area contributed by atoms with E-state index in [1.807, 2.05) is 12.1 Å². The Morgan fingerprint density at radius 2 is 2.21 bits per heavy atom. The van der Waals surface area contributed by atoms with Crippen molar-refractivity contribution in [2.75, 3.05) is 6.54 Å². The largest absolute Gasteiger partial charge is 0.309 e. The van der Waals surface area contributed by atoms with Crippen LogP contribution < -0.4 is 5.32 Å². The van der Waals surface area contributed by atoms with E-state index in [1.165, 1.54) is 5.56 Å². The quantitative estimate of drug-likeness (QED) is 0.641. The molecule has 0 aliphatic rings. The molecule has 0 unspecified atom stereocenters. The van der Waals surface area contributed by atoms with Gasteiger partial charge in [0.2, 0.25) is 0 Å². The molecule has 0 aliphatic carbocycles. The molecule has 0 heterocycles. The molecule has 0 spiro atoms. The molecular formula is C12H14BrN. The fourth-order valence-electron chi connectivity index (χ4n) is 1.30. The highest BCUT2D eigenvalue weighted by molar-refractivity contribution is 9.10. The summed E-state index contributed by atoms with van der Waals surface area (Å²) in [6, 6.07) is 8.55. The third-order valence-corrected chi connectivity index (χ3v) is 2.81. The third kappa shape index (κ3) is 3.17. The first kappa shape index (κ1) is 11.3. The minimum absolute atomic E-state index is 0.332. The van der Waals surface area contributed by atoms with Gasteiger partial charge in [0, 0.05) is 23.5 Å². The molecule has 0 radical (unpaired) electrons. The van der Waals surface area contributed by atoms with Gasteiger partial charge in [-0.25, -0.2) is 0 Å². The molecule has 1 nitrogen and oxygen atoms in total. The molecule has 1 atom stereocenters. The number of rotatable bonds is 4. The van der Waals surface area contributed by atoms with Crippen LogP contribution in [-0.4, -0.2) is 6.54 Å². The van der Waals surface area contributed by atoms with E-state index in [0.717, 1.165) is 17.4 Å². The summed E-state index contributed by atoms with van der Waals surface area (Å²) in [7, 11) is 0. The minimum atomic E-state index is 0.332. The molecule has 1 aromatic rings. The van der Waals surface area contributed by atoms with Gasteiger partial charge < -0.3 is 5.32 Å². The van der Waals surface area contributed by atoms with Crippen molar-refractivity contribution in [1.29, 1.82) is 0 Å². The summed E-state index contributed by atoms with van der Waals surface area (Å²) in [4.78, 5) is 0. The van der Waals surface area contributed by atoms with E-state index in [4.69, 9.17) is 6.42 Å². The van der Waals surface area contributed by atoms with Crippen LogP contribution in [0.3, 0.4) is 0 Å². The van der Waals surface area contributed by atoms with E-state index in [9.17, 15) is 0 Å². The normalized spacial score (nSPS) is 12.1. The highest BCUT2D eigenvalue weighted by Gasteiger charge is 2.06. The van der Waals surface area contributed by atoms with Crippen molar-refractivity contribution >= 4 is 15.9 Å².